The van der Waals surface area contributed by atoms with Gasteiger partial charge in [-0.15, -0.1) is 0 Å². The zero-order chi connectivity index (χ0) is 12.4. The van der Waals surface area contributed by atoms with E-state index >= 15 is 0 Å². The van der Waals surface area contributed by atoms with E-state index < -0.39 is 6.10 Å². The number of nitrogens with zero attached hydrogens (tertiary/aromatic N) is 1. The van der Waals surface area contributed by atoms with Gasteiger partial charge < -0.3 is 10.0 Å². The fourth-order valence-corrected chi connectivity index (χ4v) is 2.30. The first-order valence-electron chi connectivity index (χ1n) is 5.46. The Hall–Kier alpha value is -0.770. The largest absolute Gasteiger partial charge is 0.391 e. The lowest BCUT2D eigenvalue weighted by atomic mass is 10.1. The van der Waals surface area contributed by atoms with Gasteiger partial charge in [-0.3, -0.25) is 4.79 Å². The first-order valence-corrected chi connectivity index (χ1v) is 6.21. The topological polar surface area (TPSA) is 40.5 Å². The smallest absolute Gasteiger partial charge is 0.227 e. The molecule has 1 aromatic rings. The zero-order valence-corrected chi connectivity index (χ0v) is 10.7. The molecule has 5 heteroatoms. The lowest BCUT2D eigenvalue weighted by Gasteiger charge is -2.16. The molecule has 0 aromatic heterocycles. The highest BCUT2D eigenvalue weighted by Gasteiger charge is 2.24. The second-order valence-electron chi connectivity index (χ2n) is 4.19. The Labute approximate surface area is 110 Å². The average molecular weight is 274 g/mol. The van der Waals surface area contributed by atoms with Crippen molar-refractivity contribution in [3.05, 3.63) is 33.8 Å². The first-order chi connectivity index (χ1) is 8.06. The molecule has 2 rings (SSSR count). The molecule has 17 heavy (non-hydrogen) atoms. The van der Waals surface area contributed by atoms with E-state index in [-0.39, 0.29) is 12.3 Å². The Morgan fingerprint density at radius 1 is 1.47 bits per heavy atom. The van der Waals surface area contributed by atoms with Gasteiger partial charge >= 0.3 is 0 Å². The summed E-state index contributed by atoms with van der Waals surface area (Å²) in [7, 11) is 0. The Morgan fingerprint density at radius 3 is 2.88 bits per heavy atom. The van der Waals surface area contributed by atoms with Crippen molar-refractivity contribution in [3.8, 4) is 0 Å². The number of hydrogen-bond acceptors (Lipinski definition) is 2. The Balaban J connectivity index is 2.05. The molecule has 0 radical (unpaired) electrons. The third kappa shape index (κ3) is 3.12. The number of likely N-dealkylation sites (tertiary alicyclic amines) is 1. The van der Waals surface area contributed by atoms with E-state index in [1.54, 1.807) is 23.1 Å². The number of rotatable bonds is 2. The summed E-state index contributed by atoms with van der Waals surface area (Å²) >= 11 is 11.9. The van der Waals surface area contributed by atoms with Gasteiger partial charge in [0.1, 0.15) is 0 Å². The molecule has 0 aliphatic carbocycles. The maximum absolute atomic E-state index is 11.9. The summed E-state index contributed by atoms with van der Waals surface area (Å²) in [6.07, 6.45) is 0.481. The number of carbonyl (C=O) groups excluding carboxylic acids is 1. The molecule has 1 aromatic carbocycles. The van der Waals surface area contributed by atoms with Crippen molar-refractivity contribution in [2.24, 2.45) is 0 Å². The fourth-order valence-electron chi connectivity index (χ4n) is 1.92. The molecular formula is C12H13Cl2NO2. The standard InChI is InChI=1S/C12H13Cl2NO2/c13-9-1-2-11(14)8(5-9)6-12(17)15-4-3-10(16)7-15/h1-2,5,10,16H,3-4,6-7H2/t10-/m1/s1. The highest BCUT2D eigenvalue weighted by Crippen LogP contribution is 2.22. The van der Waals surface area contributed by atoms with Gasteiger partial charge in [0.05, 0.1) is 12.5 Å². The summed E-state index contributed by atoms with van der Waals surface area (Å²) in [6.45, 7) is 1.02. The molecule has 1 aliphatic heterocycles. The average Bonchev–Trinajstić information content (AvgIpc) is 2.70. The van der Waals surface area contributed by atoms with E-state index in [1.807, 2.05) is 0 Å². The van der Waals surface area contributed by atoms with E-state index in [0.29, 0.717) is 29.6 Å². The van der Waals surface area contributed by atoms with Crippen LogP contribution in [0.25, 0.3) is 0 Å². The molecule has 1 aliphatic rings. The van der Waals surface area contributed by atoms with E-state index in [9.17, 15) is 9.90 Å². The lowest BCUT2D eigenvalue weighted by Crippen LogP contribution is -2.30. The molecule has 1 heterocycles. The summed E-state index contributed by atoms with van der Waals surface area (Å²) in [5, 5.41) is 10.5. The van der Waals surface area contributed by atoms with Crippen LogP contribution < -0.4 is 0 Å². The lowest BCUT2D eigenvalue weighted by molar-refractivity contribution is -0.129. The fraction of sp³-hybridized carbons (Fsp3) is 0.417. The van der Waals surface area contributed by atoms with Gasteiger partial charge in [-0.25, -0.2) is 0 Å². The Kier molecular flexibility index (Phi) is 3.92. The molecule has 0 spiro atoms. The van der Waals surface area contributed by atoms with Gasteiger partial charge in [0, 0.05) is 23.1 Å². The van der Waals surface area contributed by atoms with Crippen molar-refractivity contribution < 1.29 is 9.90 Å². The van der Waals surface area contributed by atoms with Crippen molar-refractivity contribution >= 4 is 29.1 Å². The number of amides is 1. The van der Waals surface area contributed by atoms with Crippen molar-refractivity contribution in [2.75, 3.05) is 13.1 Å². The minimum absolute atomic E-state index is 0.0225. The molecular weight excluding hydrogens is 261 g/mol. The number of β-amino-alcohol motifs (C(OH)–C–C–N with tert-alkyl or cyclic N) is 1. The third-order valence-electron chi connectivity index (χ3n) is 2.87. The molecule has 0 saturated carbocycles. The van der Waals surface area contributed by atoms with Crippen molar-refractivity contribution in [1.82, 2.24) is 4.90 Å². The molecule has 3 nitrogen and oxygen atoms in total. The van der Waals surface area contributed by atoms with Crippen LogP contribution in [0.2, 0.25) is 10.0 Å². The van der Waals surface area contributed by atoms with Crippen LogP contribution in [0.4, 0.5) is 0 Å². The zero-order valence-electron chi connectivity index (χ0n) is 9.20. The van der Waals surface area contributed by atoms with Gasteiger partial charge in [0.25, 0.3) is 0 Å². The molecule has 1 fully saturated rings. The van der Waals surface area contributed by atoms with Gasteiger partial charge in [-0.2, -0.15) is 0 Å². The number of aliphatic hydroxyl groups excluding tert-OH is 1. The van der Waals surface area contributed by atoms with Crippen LogP contribution in [-0.2, 0) is 11.2 Å². The Bertz CT molecular complexity index is 437. The predicted octanol–water partition coefficient (Wildman–Crippen LogP) is 2.13. The minimum Gasteiger partial charge on any atom is -0.391 e. The summed E-state index contributed by atoms with van der Waals surface area (Å²) in [6, 6.07) is 5.08. The second kappa shape index (κ2) is 5.25. The molecule has 1 amide bonds. The van der Waals surface area contributed by atoms with E-state index in [4.69, 9.17) is 23.2 Å². The minimum atomic E-state index is -0.395. The van der Waals surface area contributed by atoms with Crippen LogP contribution in [0.3, 0.4) is 0 Å². The summed E-state index contributed by atoms with van der Waals surface area (Å²) in [5.41, 5.74) is 0.727. The van der Waals surface area contributed by atoms with Crippen molar-refractivity contribution in [1.29, 1.82) is 0 Å². The SMILES string of the molecule is O=C(Cc1cc(Cl)ccc1Cl)N1CC[C@@H](O)C1. The molecule has 1 atom stereocenters. The van der Waals surface area contributed by atoms with Gasteiger partial charge in [-0.1, -0.05) is 23.2 Å². The highest BCUT2D eigenvalue weighted by molar-refractivity contribution is 6.33. The van der Waals surface area contributed by atoms with Crippen LogP contribution in [0.1, 0.15) is 12.0 Å². The van der Waals surface area contributed by atoms with Crippen LogP contribution in [0, 0.1) is 0 Å². The first kappa shape index (κ1) is 12.7. The normalized spacial score (nSPS) is 19.7. The number of benzene rings is 1. The summed E-state index contributed by atoms with van der Waals surface area (Å²) < 4.78 is 0. The second-order valence-corrected chi connectivity index (χ2v) is 5.04. The summed E-state index contributed by atoms with van der Waals surface area (Å²) in [4.78, 5) is 13.6. The highest BCUT2D eigenvalue weighted by atomic mass is 35.5. The van der Waals surface area contributed by atoms with Gasteiger partial charge in [0.15, 0.2) is 0 Å². The molecule has 1 saturated heterocycles. The number of halogens is 2. The van der Waals surface area contributed by atoms with E-state index in [2.05, 4.69) is 0 Å². The maximum Gasteiger partial charge on any atom is 0.227 e. The van der Waals surface area contributed by atoms with Gasteiger partial charge in [-0.05, 0) is 30.2 Å². The van der Waals surface area contributed by atoms with Crippen LogP contribution in [0.5, 0.6) is 0 Å². The predicted molar refractivity (Wildman–Crippen MR) is 67.4 cm³/mol. The number of aliphatic hydroxyl groups is 1. The van der Waals surface area contributed by atoms with E-state index in [0.717, 1.165) is 5.56 Å². The van der Waals surface area contributed by atoms with Crippen LogP contribution in [0.15, 0.2) is 18.2 Å². The molecule has 1 N–H and O–H groups in total. The summed E-state index contributed by atoms with van der Waals surface area (Å²) in [5.74, 6) is -0.0225. The van der Waals surface area contributed by atoms with Crippen LogP contribution >= 0.6 is 23.2 Å². The quantitative estimate of drug-likeness (QED) is 0.897. The third-order valence-corrected chi connectivity index (χ3v) is 3.47. The molecule has 0 unspecified atom stereocenters. The number of hydrogen-bond donors (Lipinski definition) is 1. The Morgan fingerprint density at radius 2 is 2.24 bits per heavy atom. The molecule has 0 bridgehead atoms. The van der Waals surface area contributed by atoms with E-state index in [1.165, 1.54) is 0 Å². The maximum atomic E-state index is 11.9. The van der Waals surface area contributed by atoms with Crippen molar-refractivity contribution in [3.63, 3.8) is 0 Å². The van der Waals surface area contributed by atoms with Crippen LogP contribution in [-0.4, -0.2) is 35.1 Å². The van der Waals surface area contributed by atoms with Gasteiger partial charge in [0.2, 0.25) is 5.91 Å². The molecule has 92 valence electrons. The number of carbonyl (C=O) groups is 1. The monoisotopic (exact) mass is 273 g/mol. The van der Waals surface area contributed by atoms with Crippen molar-refractivity contribution in [2.45, 2.75) is 18.9 Å².